The second kappa shape index (κ2) is 4.50. The van der Waals surface area contributed by atoms with Gasteiger partial charge in [0, 0.05) is 5.56 Å². The predicted octanol–water partition coefficient (Wildman–Crippen LogP) is 1.20. The van der Waals surface area contributed by atoms with E-state index in [0.717, 1.165) is 0 Å². The van der Waals surface area contributed by atoms with Gasteiger partial charge in [-0.3, -0.25) is 9.59 Å². The average molecular weight is 272 g/mol. The van der Waals surface area contributed by atoms with E-state index in [2.05, 4.69) is 9.97 Å². The molecule has 0 saturated heterocycles. The van der Waals surface area contributed by atoms with Crippen molar-refractivity contribution >= 4 is 11.0 Å². The maximum Gasteiger partial charge on any atom is 0.314 e. The number of benzene rings is 1. The minimum atomic E-state index is -0.853. The van der Waals surface area contributed by atoms with Crippen LogP contribution in [0, 0.1) is 6.92 Å². The minimum Gasteiger partial charge on any atom is -0.469 e. The highest BCUT2D eigenvalue weighted by Crippen LogP contribution is 2.26. The number of fused-ring (bicyclic) bond motifs is 1. The fourth-order valence-corrected chi connectivity index (χ4v) is 2.16. The first-order valence-electron chi connectivity index (χ1n) is 6.04. The van der Waals surface area contributed by atoms with Gasteiger partial charge in [0.15, 0.2) is 0 Å². The summed E-state index contributed by atoms with van der Waals surface area (Å²) < 4.78 is 5.16. The number of aryl methyl sites for hydroxylation is 1. The Labute approximate surface area is 112 Å². The van der Waals surface area contributed by atoms with Gasteiger partial charge in [-0.25, -0.2) is 0 Å². The van der Waals surface area contributed by atoms with Crippen molar-refractivity contribution in [1.82, 2.24) is 9.97 Å². The molecule has 3 N–H and O–H groups in total. The average Bonchev–Trinajstić information content (AvgIpc) is 2.85. The van der Waals surface area contributed by atoms with Crippen molar-refractivity contribution in [3.63, 3.8) is 0 Å². The molecule has 0 radical (unpaired) electrons. The van der Waals surface area contributed by atoms with Gasteiger partial charge in [-0.2, -0.15) is 0 Å². The first-order valence-corrected chi connectivity index (χ1v) is 6.04. The molecule has 6 heteroatoms. The molecule has 3 rings (SSSR count). The quantitative estimate of drug-likeness (QED) is 0.610. The van der Waals surface area contributed by atoms with Gasteiger partial charge < -0.3 is 19.5 Å². The van der Waals surface area contributed by atoms with Gasteiger partial charge in [0.1, 0.15) is 11.9 Å². The van der Waals surface area contributed by atoms with Crippen molar-refractivity contribution in [2.75, 3.05) is 0 Å². The van der Waals surface area contributed by atoms with Crippen LogP contribution < -0.4 is 11.1 Å². The minimum absolute atomic E-state index is 0.465. The number of aliphatic hydroxyl groups is 1. The molecular weight excluding hydrogens is 260 g/mol. The van der Waals surface area contributed by atoms with Crippen molar-refractivity contribution in [2.24, 2.45) is 0 Å². The van der Waals surface area contributed by atoms with E-state index in [1.165, 1.54) is 6.26 Å². The normalized spacial score (nSPS) is 12.7. The summed E-state index contributed by atoms with van der Waals surface area (Å²) in [5.74, 6) is 0.632. The first-order chi connectivity index (χ1) is 9.56. The third-order valence-electron chi connectivity index (χ3n) is 3.26. The van der Waals surface area contributed by atoms with Crippen LogP contribution >= 0.6 is 0 Å². The molecule has 102 valence electrons. The Morgan fingerprint density at radius 3 is 2.45 bits per heavy atom. The van der Waals surface area contributed by atoms with Crippen LogP contribution in [0.5, 0.6) is 0 Å². The number of aromatic amines is 2. The highest BCUT2D eigenvalue weighted by Gasteiger charge is 2.15. The number of rotatable bonds is 2. The van der Waals surface area contributed by atoms with Gasteiger partial charge in [0.05, 0.1) is 17.3 Å². The zero-order valence-corrected chi connectivity index (χ0v) is 10.6. The van der Waals surface area contributed by atoms with Crippen LogP contribution in [0.4, 0.5) is 0 Å². The summed E-state index contributed by atoms with van der Waals surface area (Å²) in [6, 6.07) is 6.65. The fourth-order valence-electron chi connectivity index (χ4n) is 2.16. The lowest BCUT2D eigenvalue weighted by atomic mass is 10.0. The van der Waals surface area contributed by atoms with Crippen LogP contribution in [0.1, 0.15) is 23.0 Å². The molecule has 0 aliphatic heterocycles. The molecule has 0 fully saturated rings. The van der Waals surface area contributed by atoms with E-state index in [1.54, 1.807) is 31.2 Å². The summed E-state index contributed by atoms with van der Waals surface area (Å²) in [7, 11) is 0. The van der Waals surface area contributed by atoms with E-state index in [0.29, 0.717) is 27.9 Å². The van der Waals surface area contributed by atoms with E-state index >= 15 is 0 Å². The number of hydrogen-bond acceptors (Lipinski definition) is 4. The molecular formula is C14H12N2O4. The summed E-state index contributed by atoms with van der Waals surface area (Å²) in [5.41, 5.74) is 0.822. The lowest BCUT2D eigenvalue weighted by Crippen LogP contribution is -2.28. The third-order valence-corrected chi connectivity index (χ3v) is 3.26. The van der Waals surface area contributed by atoms with Crippen molar-refractivity contribution < 1.29 is 9.52 Å². The molecule has 0 spiro atoms. The topological polar surface area (TPSA) is 99.1 Å². The number of aliphatic hydroxyl groups excluding tert-OH is 1. The van der Waals surface area contributed by atoms with Crippen molar-refractivity contribution in [3.8, 4) is 0 Å². The summed E-state index contributed by atoms with van der Waals surface area (Å²) >= 11 is 0. The van der Waals surface area contributed by atoms with Gasteiger partial charge in [-0.15, -0.1) is 0 Å². The van der Waals surface area contributed by atoms with Crippen LogP contribution in [0.2, 0.25) is 0 Å². The molecule has 2 aromatic heterocycles. The number of H-pyrrole nitrogens is 2. The summed E-state index contributed by atoms with van der Waals surface area (Å²) in [6.45, 7) is 1.76. The van der Waals surface area contributed by atoms with Gasteiger partial charge in [-0.05, 0) is 30.7 Å². The molecule has 0 aliphatic rings. The number of nitrogens with one attached hydrogen (secondary N) is 2. The summed E-state index contributed by atoms with van der Waals surface area (Å²) in [4.78, 5) is 27.5. The first kappa shape index (κ1) is 12.4. The highest BCUT2D eigenvalue weighted by atomic mass is 16.3. The lowest BCUT2D eigenvalue weighted by molar-refractivity contribution is 0.218. The molecule has 1 atom stereocenters. The van der Waals surface area contributed by atoms with Crippen molar-refractivity contribution in [3.05, 3.63) is 68.1 Å². The van der Waals surface area contributed by atoms with Gasteiger partial charge in [0.25, 0.3) is 0 Å². The highest BCUT2D eigenvalue weighted by molar-refractivity contribution is 5.74. The molecule has 6 nitrogen and oxygen atoms in total. The summed E-state index contributed by atoms with van der Waals surface area (Å²) in [6.07, 6.45) is 0.655. The van der Waals surface area contributed by atoms with Crippen LogP contribution in [-0.2, 0) is 0 Å². The molecule has 0 aliphatic carbocycles. The number of furan rings is 1. The number of aromatic nitrogens is 2. The Bertz CT molecular complexity index is 888. The Morgan fingerprint density at radius 2 is 1.80 bits per heavy atom. The maximum atomic E-state index is 11.3. The van der Waals surface area contributed by atoms with E-state index in [4.69, 9.17) is 4.42 Å². The van der Waals surface area contributed by atoms with Crippen LogP contribution in [0.15, 0.2) is 44.5 Å². The molecule has 20 heavy (non-hydrogen) atoms. The number of hydrogen-bond donors (Lipinski definition) is 3. The molecule has 0 saturated carbocycles. The van der Waals surface area contributed by atoms with Crippen LogP contribution in [0.25, 0.3) is 11.0 Å². The Morgan fingerprint density at radius 1 is 1.10 bits per heavy atom. The van der Waals surface area contributed by atoms with Gasteiger partial charge >= 0.3 is 11.1 Å². The molecule has 1 aromatic carbocycles. The molecule has 0 amide bonds. The molecule has 2 heterocycles. The zero-order valence-electron chi connectivity index (χ0n) is 10.6. The Kier molecular flexibility index (Phi) is 2.80. The van der Waals surface area contributed by atoms with Crippen LogP contribution in [0.3, 0.4) is 0 Å². The SMILES string of the molecule is Cc1occc1C(O)c1ccc2[nH]c(=O)c(=O)[nH]c2c1. The zero-order chi connectivity index (χ0) is 14.3. The third kappa shape index (κ3) is 1.96. The standard InChI is InChI=1S/C14H12N2O4/c1-7-9(4-5-20-7)12(17)8-2-3-10-11(6-8)16-14(19)13(18)15-10/h2-6,12,17H,1H3,(H,15,18)(H,16,19). The summed E-state index contributed by atoms with van der Waals surface area (Å²) in [5, 5.41) is 10.3. The van der Waals surface area contributed by atoms with E-state index < -0.39 is 17.2 Å². The maximum absolute atomic E-state index is 11.3. The monoisotopic (exact) mass is 272 g/mol. The van der Waals surface area contributed by atoms with Crippen molar-refractivity contribution in [1.29, 1.82) is 0 Å². The fraction of sp³-hybridized carbons (Fsp3) is 0.143. The molecule has 1 unspecified atom stereocenters. The van der Waals surface area contributed by atoms with Gasteiger partial charge in [-0.1, -0.05) is 6.07 Å². The van der Waals surface area contributed by atoms with Gasteiger partial charge in [0.2, 0.25) is 0 Å². The molecule has 3 aromatic rings. The largest absolute Gasteiger partial charge is 0.469 e. The van der Waals surface area contributed by atoms with Crippen LogP contribution in [-0.4, -0.2) is 15.1 Å². The van der Waals surface area contributed by atoms with E-state index in [-0.39, 0.29) is 0 Å². The van der Waals surface area contributed by atoms with E-state index in [1.807, 2.05) is 0 Å². The van der Waals surface area contributed by atoms with Crippen molar-refractivity contribution in [2.45, 2.75) is 13.0 Å². The lowest BCUT2D eigenvalue weighted by Gasteiger charge is -2.10. The second-order valence-corrected chi connectivity index (χ2v) is 4.55. The molecule has 0 bridgehead atoms. The second-order valence-electron chi connectivity index (χ2n) is 4.55. The Hall–Kier alpha value is -2.60. The Balaban J connectivity index is 2.14. The predicted molar refractivity (Wildman–Crippen MR) is 72.7 cm³/mol. The van der Waals surface area contributed by atoms with E-state index in [9.17, 15) is 14.7 Å². The smallest absolute Gasteiger partial charge is 0.314 e.